The van der Waals surface area contributed by atoms with Crippen LogP contribution in [0.2, 0.25) is 0 Å². The van der Waals surface area contributed by atoms with Gasteiger partial charge in [-0.1, -0.05) is 18.2 Å². The van der Waals surface area contributed by atoms with E-state index in [0.29, 0.717) is 5.69 Å². The van der Waals surface area contributed by atoms with Crippen molar-refractivity contribution in [1.82, 2.24) is 15.2 Å². The van der Waals surface area contributed by atoms with E-state index in [1.54, 1.807) is 19.9 Å². The Morgan fingerprint density at radius 3 is 2.67 bits per heavy atom. The number of H-pyrrole nitrogens is 1. The second-order valence-corrected chi connectivity index (χ2v) is 5.60. The maximum atomic E-state index is 12.6. The minimum Gasteiger partial charge on any atom is -0.351 e. The number of fused-ring (bicyclic) bond motifs is 1. The molecule has 1 saturated heterocycles. The summed E-state index contributed by atoms with van der Waals surface area (Å²) in [6, 6.07) is 9.24. The van der Waals surface area contributed by atoms with E-state index in [1.807, 2.05) is 24.3 Å². The molecular formula is C15H15N3O3. The monoisotopic (exact) mass is 285 g/mol. The third-order valence-electron chi connectivity index (χ3n) is 3.79. The second-order valence-electron chi connectivity index (χ2n) is 5.60. The molecule has 0 radical (unpaired) electrons. The summed E-state index contributed by atoms with van der Waals surface area (Å²) in [4.78, 5) is 40.4. The van der Waals surface area contributed by atoms with Crippen molar-refractivity contribution in [3.8, 4) is 0 Å². The summed E-state index contributed by atoms with van der Waals surface area (Å²) in [5.41, 5.74) is 0.140. The van der Waals surface area contributed by atoms with E-state index >= 15 is 0 Å². The average Bonchev–Trinajstić information content (AvgIpc) is 2.86. The van der Waals surface area contributed by atoms with Gasteiger partial charge in [-0.25, -0.2) is 0 Å². The molecule has 0 spiro atoms. The lowest BCUT2D eigenvalue weighted by Gasteiger charge is -2.39. The van der Waals surface area contributed by atoms with Gasteiger partial charge in [0, 0.05) is 10.9 Å². The van der Waals surface area contributed by atoms with E-state index in [9.17, 15) is 14.4 Å². The lowest BCUT2D eigenvalue weighted by molar-refractivity contribution is -0.143. The van der Waals surface area contributed by atoms with Crippen LogP contribution in [-0.4, -0.2) is 39.7 Å². The molecule has 6 nitrogen and oxygen atoms in total. The van der Waals surface area contributed by atoms with Crippen molar-refractivity contribution in [3.63, 3.8) is 0 Å². The number of nitrogens with one attached hydrogen (secondary N) is 2. The first-order chi connectivity index (χ1) is 9.89. The summed E-state index contributed by atoms with van der Waals surface area (Å²) in [6.07, 6.45) is 0. The fourth-order valence-electron chi connectivity index (χ4n) is 2.44. The number of piperazine rings is 1. The van der Waals surface area contributed by atoms with Crippen molar-refractivity contribution >= 4 is 28.6 Å². The molecular weight excluding hydrogens is 270 g/mol. The zero-order chi connectivity index (χ0) is 15.2. The number of rotatable bonds is 1. The molecule has 0 aliphatic carbocycles. The summed E-state index contributed by atoms with van der Waals surface area (Å²) >= 11 is 0. The van der Waals surface area contributed by atoms with E-state index < -0.39 is 17.4 Å². The third kappa shape index (κ3) is 2.08. The summed E-state index contributed by atoms with van der Waals surface area (Å²) in [5.74, 6) is -1.30. The predicted octanol–water partition coefficient (Wildman–Crippen LogP) is 1.05. The molecule has 0 saturated carbocycles. The van der Waals surface area contributed by atoms with Gasteiger partial charge in [-0.2, -0.15) is 0 Å². The molecule has 1 aromatic heterocycles. The molecule has 3 amide bonds. The Kier molecular flexibility index (Phi) is 2.83. The number of hydrogen-bond donors (Lipinski definition) is 2. The SMILES string of the molecule is CC1(C)C(=O)NC(=O)CN1C(=O)c1cc2ccccc2[nH]1. The summed E-state index contributed by atoms with van der Waals surface area (Å²) in [5, 5.41) is 3.16. The van der Waals surface area contributed by atoms with Crippen LogP contribution in [0.5, 0.6) is 0 Å². The van der Waals surface area contributed by atoms with Gasteiger partial charge in [-0.15, -0.1) is 0 Å². The molecule has 0 bridgehead atoms. The number of benzene rings is 1. The molecule has 108 valence electrons. The zero-order valence-electron chi connectivity index (χ0n) is 11.8. The van der Waals surface area contributed by atoms with Crippen molar-refractivity contribution in [2.24, 2.45) is 0 Å². The Balaban J connectivity index is 2.00. The molecule has 3 rings (SSSR count). The zero-order valence-corrected chi connectivity index (χ0v) is 11.8. The van der Waals surface area contributed by atoms with Crippen LogP contribution in [0.15, 0.2) is 30.3 Å². The number of para-hydroxylation sites is 1. The highest BCUT2D eigenvalue weighted by Gasteiger charge is 2.44. The van der Waals surface area contributed by atoms with E-state index in [0.717, 1.165) is 10.9 Å². The van der Waals surface area contributed by atoms with Gasteiger partial charge in [-0.3, -0.25) is 19.7 Å². The molecule has 1 aliphatic heterocycles. The highest BCUT2D eigenvalue weighted by atomic mass is 16.2. The summed E-state index contributed by atoms with van der Waals surface area (Å²) < 4.78 is 0. The fourth-order valence-corrected chi connectivity index (χ4v) is 2.44. The van der Waals surface area contributed by atoms with Crippen LogP contribution in [-0.2, 0) is 9.59 Å². The van der Waals surface area contributed by atoms with Crippen LogP contribution in [0.1, 0.15) is 24.3 Å². The van der Waals surface area contributed by atoms with Crippen molar-refractivity contribution < 1.29 is 14.4 Å². The van der Waals surface area contributed by atoms with Crippen molar-refractivity contribution in [2.75, 3.05) is 6.54 Å². The van der Waals surface area contributed by atoms with Crippen LogP contribution < -0.4 is 5.32 Å². The van der Waals surface area contributed by atoms with Gasteiger partial charge in [0.05, 0.1) is 0 Å². The van der Waals surface area contributed by atoms with Crippen LogP contribution in [0, 0.1) is 0 Å². The summed E-state index contributed by atoms with van der Waals surface area (Å²) in [6.45, 7) is 3.11. The van der Waals surface area contributed by atoms with Crippen LogP contribution in [0.25, 0.3) is 10.9 Å². The number of amides is 3. The normalized spacial score (nSPS) is 17.9. The molecule has 0 atom stereocenters. The minimum absolute atomic E-state index is 0.132. The Bertz CT molecular complexity index is 727. The van der Waals surface area contributed by atoms with E-state index in [1.165, 1.54) is 4.90 Å². The molecule has 0 unspecified atom stereocenters. The number of carbonyl (C=O) groups is 3. The topological polar surface area (TPSA) is 82.3 Å². The molecule has 2 heterocycles. The molecule has 21 heavy (non-hydrogen) atoms. The number of aromatic amines is 1. The Hall–Kier alpha value is -2.63. The van der Waals surface area contributed by atoms with Gasteiger partial charge in [0.15, 0.2) is 0 Å². The Morgan fingerprint density at radius 1 is 1.24 bits per heavy atom. The standard InChI is InChI=1S/C15H15N3O3/c1-15(2)14(21)17-12(19)8-18(15)13(20)11-7-9-5-3-4-6-10(9)16-11/h3-7,16H,8H2,1-2H3,(H,17,19,21). The van der Waals surface area contributed by atoms with E-state index in [4.69, 9.17) is 0 Å². The smallest absolute Gasteiger partial charge is 0.271 e. The highest BCUT2D eigenvalue weighted by molar-refractivity contribution is 6.09. The van der Waals surface area contributed by atoms with Gasteiger partial charge < -0.3 is 9.88 Å². The number of carbonyl (C=O) groups excluding carboxylic acids is 3. The van der Waals surface area contributed by atoms with Gasteiger partial charge in [0.2, 0.25) is 5.91 Å². The maximum absolute atomic E-state index is 12.6. The quantitative estimate of drug-likeness (QED) is 0.768. The third-order valence-corrected chi connectivity index (χ3v) is 3.79. The Labute approximate surface area is 121 Å². The first-order valence-electron chi connectivity index (χ1n) is 6.63. The van der Waals surface area contributed by atoms with Gasteiger partial charge in [-0.05, 0) is 26.0 Å². The average molecular weight is 285 g/mol. The number of hydrogen-bond acceptors (Lipinski definition) is 3. The highest BCUT2D eigenvalue weighted by Crippen LogP contribution is 2.23. The van der Waals surface area contributed by atoms with Gasteiger partial charge in [0.1, 0.15) is 17.8 Å². The molecule has 2 aromatic rings. The maximum Gasteiger partial charge on any atom is 0.271 e. The number of imide groups is 1. The van der Waals surface area contributed by atoms with E-state index in [-0.39, 0.29) is 12.5 Å². The lowest BCUT2D eigenvalue weighted by atomic mass is 9.98. The van der Waals surface area contributed by atoms with Crippen LogP contribution in [0.4, 0.5) is 0 Å². The summed E-state index contributed by atoms with van der Waals surface area (Å²) in [7, 11) is 0. The molecule has 1 fully saturated rings. The van der Waals surface area contributed by atoms with Crippen molar-refractivity contribution in [3.05, 3.63) is 36.0 Å². The number of nitrogens with zero attached hydrogens (tertiary/aromatic N) is 1. The van der Waals surface area contributed by atoms with Crippen LogP contribution >= 0.6 is 0 Å². The molecule has 1 aliphatic rings. The lowest BCUT2D eigenvalue weighted by Crippen LogP contribution is -2.65. The first-order valence-corrected chi connectivity index (χ1v) is 6.63. The van der Waals surface area contributed by atoms with Crippen molar-refractivity contribution in [2.45, 2.75) is 19.4 Å². The van der Waals surface area contributed by atoms with Gasteiger partial charge in [0.25, 0.3) is 11.8 Å². The fraction of sp³-hybridized carbons (Fsp3) is 0.267. The molecule has 6 heteroatoms. The Morgan fingerprint density at radius 2 is 1.95 bits per heavy atom. The van der Waals surface area contributed by atoms with E-state index in [2.05, 4.69) is 10.3 Å². The second kappa shape index (κ2) is 4.44. The first kappa shape index (κ1) is 13.4. The van der Waals surface area contributed by atoms with Gasteiger partial charge >= 0.3 is 0 Å². The predicted molar refractivity (Wildman–Crippen MR) is 76.6 cm³/mol. The van der Waals surface area contributed by atoms with Crippen molar-refractivity contribution in [1.29, 1.82) is 0 Å². The largest absolute Gasteiger partial charge is 0.351 e. The molecule has 2 N–H and O–H groups in total. The van der Waals surface area contributed by atoms with Crippen LogP contribution in [0.3, 0.4) is 0 Å². The number of aromatic nitrogens is 1. The molecule has 1 aromatic carbocycles. The minimum atomic E-state index is -1.07.